The number of aromatic nitrogens is 2. The predicted octanol–water partition coefficient (Wildman–Crippen LogP) is 1.30. The Bertz CT molecular complexity index is 734. The maximum atomic E-state index is 11.5. The Morgan fingerprint density at radius 2 is 1.96 bits per heavy atom. The number of imide groups is 1. The number of methoxy groups -OCH3 is 2. The maximum Gasteiger partial charge on any atom is 0.321 e. The molecule has 1 heterocycles. The van der Waals surface area contributed by atoms with Gasteiger partial charge in [0.2, 0.25) is 11.8 Å². The minimum absolute atomic E-state index is 0.0268. The van der Waals surface area contributed by atoms with Crippen LogP contribution in [-0.4, -0.2) is 49.2 Å². The van der Waals surface area contributed by atoms with Crippen LogP contribution >= 0.6 is 11.8 Å². The van der Waals surface area contributed by atoms with E-state index in [1.54, 1.807) is 25.3 Å². The Hall–Kier alpha value is -2.75. The van der Waals surface area contributed by atoms with Gasteiger partial charge in [-0.3, -0.25) is 10.1 Å². The van der Waals surface area contributed by atoms with Crippen LogP contribution in [0.3, 0.4) is 0 Å². The van der Waals surface area contributed by atoms with Gasteiger partial charge in [-0.25, -0.2) is 4.79 Å². The van der Waals surface area contributed by atoms with Crippen LogP contribution in [-0.2, 0) is 4.79 Å². The molecule has 1 aromatic heterocycles. The highest BCUT2D eigenvalue weighted by atomic mass is 32.2. The number of amides is 3. The summed E-state index contributed by atoms with van der Waals surface area (Å²) in [7, 11) is 4.49. The molecule has 2 rings (SSSR count). The number of nitrogens with one attached hydrogen (secondary N) is 2. The van der Waals surface area contributed by atoms with E-state index in [9.17, 15) is 9.59 Å². The topological polar surface area (TPSA) is 116 Å². The Morgan fingerprint density at radius 3 is 2.62 bits per heavy atom. The lowest BCUT2D eigenvalue weighted by Gasteiger charge is -2.07. The van der Waals surface area contributed by atoms with Crippen molar-refractivity contribution >= 4 is 23.7 Å². The molecule has 0 saturated carbocycles. The fraction of sp³-hybridized carbons (Fsp3) is 0.286. The van der Waals surface area contributed by atoms with E-state index < -0.39 is 11.9 Å². The zero-order chi connectivity index (χ0) is 17.5. The first-order valence-electron chi connectivity index (χ1n) is 6.77. The minimum Gasteiger partial charge on any atom is -0.493 e. The molecule has 2 aromatic rings. The van der Waals surface area contributed by atoms with Gasteiger partial charge < -0.3 is 19.2 Å². The van der Waals surface area contributed by atoms with Crippen molar-refractivity contribution in [2.45, 2.75) is 5.22 Å². The molecule has 24 heavy (non-hydrogen) atoms. The van der Waals surface area contributed by atoms with E-state index in [1.807, 2.05) is 0 Å². The molecule has 0 bridgehead atoms. The first-order valence-corrected chi connectivity index (χ1v) is 7.76. The monoisotopic (exact) mass is 352 g/mol. The molecular weight excluding hydrogens is 336 g/mol. The first-order chi connectivity index (χ1) is 11.6. The summed E-state index contributed by atoms with van der Waals surface area (Å²) in [6, 6.07) is 4.61. The number of nitrogens with zero attached hydrogens (tertiary/aromatic N) is 2. The highest BCUT2D eigenvalue weighted by Crippen LogP contribution is 2.32. The highest BCUT2D eigenvalue weighted by Gasteiger charge is 2.14. The molecule has 3 amide bonds. The van der Waals surface area contributed by atoms with Crippen molar-refractivity contribution < 1.29 is 23.5 Å². The molecule has 128 valence electrons. The van der Waals surface area contributed by atoms with E-state index in [1.165, 1.54) is 14.2 Å². The van der Waals surface area contributed by atoms with Gasteiger partial charge in [0.1, 0.15) is 0 Å². The molecule has 2 N–H and O–H groups in total. The van der Waals surface area contributed by atoms with Crippen molar-refractivity contribution in [3.05, 3.63) is 18.2 Å². The van der Waals surface area contributed by atoms with E-state index >= 15 is 0 Å². The standard InChI is InChI=1S/C14H16N4O5S/c1-15-13(20)16-11(19)7-24-14-18-17-12(23-14)8-4-5-9(21-2)10(6-8)22-3/h4-6H,7H2,1-3H3,(H2,15,16,19,20). The van der Waals surface area contributed by atoms with Gasteiger partial charge in [-0.1, -0.05) is 11.8 Å². The third-order valence-corrected chi connectivity index (χ3v) is 3.66. The number of hydrogen-bond donors (Lipinski definition) is 2. The average Bonchev–Trinajstić information content (AvgIpc) is 3.08. The van der Waals surface area contributed by atoms with Crippen LogP contribution in [0.5, 0.6) is 11.5 Å². The van der Waals surface area contributed by atoms with Crippen LogP contribution in [0, 0.1) is 0 Å². The van der Waals surface area contributed by atoms with Gasteiger partial charge in [-0.05, 0) is 18.2 Å². The molecule has 0 unspecified atom stereocenters. The molecule has 9 nitrogen and oxygen atoms in total. The molecule has 0 atom stereocenters. The molecule has 0 fully saturated rings. The average molecular weight is 352 g/mol. The molecule has 0 radical (unpaired) electrons. The van der Waals surface area contributed by atoms with Gasteiger partial charge in [-0.2, -0.15) is 0 Å². The normalized spacial score (nSPS) is 10.1. The zero-order valence-electron chi connectivity index (χ0n) is 13.3. The Labute approximate surface area is 142 Å². The second kappa shape index (κ2) is 8.20. The number of carbonyl (C=O) groups excluding carboxylic acids is 2. The summed E-state index contributed by atoms with van der Waals surface area (Å²) in [5.74, 6) is 0.907. The van der Waals surface area contributed by atoms with Crippen LogP contribution in [0.4, 0.5) is 4.79 Å². The summed E-state index contributed by atoms with van der Waals surface area (Å²) in [4.78, 5) is 22.5. The fourth-order valence-electron chi connectivity index (χ4n) is 1.71. The molecule has 0 aliphatic rings. The number of rotatable bonds is 6. The first kappa shape index (κ1) is 17.6. The van der Waals surface area contributed by atoms with Crippen molar-refractivity contribution in [3.8, 4) is 23.0 Å². The lowest BCUT2D eigenvalue weighted by molar-refractivity contribution is -0.117. The van der Waals surface area contributed by atoms with E-state index in [-0.39, 0.29) is 16.9 Å². The number of benzene rings is 1. The molecule has 10 heteroatoms. The summed E-state index contributed by atoms with van der Waals surface area (Å²) >= 11 is 1.03. The van der Waals surface area contributed by atoms with E-state index in [0.717, 1.165) is 11.8 Å². The van der Waals surface area contributed by atoms with E-state index in [4.69, 9.17) is 13.9 Å². The van der Waals surface area contributed by atoms with Gasteiger partial charge in [-0.15, -0.1) is 10.2 Å². The second-order valence-electron chi connectivity index (χ2n) is 4.36. The van der Waals surface area contributed by atoms with Crippen LogP contribution in [0.25, 0.3) is 11.5 Å². The summed E-state index contributed by atoms with van der Waals surface area (Å²) in [5.41, 5.74) is 0.654. The van der Waals surface area contributed by atoms with Crippen LogP contribution in [0.15, 0.2) is 27.8 Å². The van der Waals surface area contributed by atoms with Crippen molar-refractivity contribution in [2.75, 3.05) is 27.0 Å². The maximum absolute atomic E-state index is 11.5. The third kappa shape index (κ3) is 4.38. The van der Waals surface area contributed by atoms with Crippen LogP contribution in [0.1, 0.15) is 0 Å². The number of thioether (sulfide) groups is 1. The number of ether oxygens (including phenoxy) is 2. The summed E-state index contributed by atoms with van der Waals surface area (Å²) < 4.78 is 15.9. The van der Waals surface area contributed by atoms with Gasteiger partial charge >= 0.3 is 6.03 Å². The molecule has 0 saturated heterocycles. The van der Waals surface area contributed by atoms with Crippen molar-refractivity contribution in [3.63, 3.8) is 0 Å². The van der Waals surface area contributed by atoms with Gasteiger partial charge in [0, 0.05) is 12.6 Å². The Balaban J connectivity index is 2.03. The van der Waals surface area contributed by atoms with Crippen molar-refractivity contribution in [2.24, 2.45) is 0 Å². The van der Waals surface area contributed by atoms with Crippen LogP contribution < -0.4 is 20.1 Å². The van der Waals surface area contributed by atoms with Gasteiger partial charge in [0.25, 0.3) is 5.22 Å². The SMILES string of the molecule is CNC(=O)NC(=O)CSc1nnc(-c2ccc(OC)c(OC)c2)o1. The quantitative estimate of drug-likeness (QED) is 0.748. The molecule has 1 aromatic carbocycles. The summed E-state index contributed by atoms with van der Waals surface area (Å²) in [6.45, 7) is 0. The Morgan fingerprint density at radius 1 is 1.21 bits per heavy atom. The lowest BCUT2D eigenvalue weighted by Crippen LogP contribution is -2.38. The summed E-state index contributed by atoms with van der Waals surface area (Å²) in [6.07, 6.45) is 0. The van der Waals surface area contributed by atoms with Crippen molar-refractivity contribution in [1.29, 1.82) is 0 Å². The van der Waals surface area contributed by atoms with Gasteiger partial charge in [0.15, 0.2) is 11.5 Å². The van der Waals surface area contributed by atoms with Crippen LogP contribution in [0.2, 0.25) is 0 Å². The Kier molecular flexibility index (Phi) is 6.01. The zero-order valence-corrected chi connectivity index (χ0v) is 14.1. The third-order valence-electron chi connectivity index (χ3n) is 2.84. The van der Waals surface area contributed by atoms with E-state index in [2.05, 4.69) is 20.8 Å². The fourth-order valence-corrected chi connectivity index (χ4v) is 2.27. The van der Waals surface area contributed by atoms with E-state index in [0.29, 0.717) is 17.1 Å². The van der Waals surface area contributed by atoms with Gasteiger partial charge in [0.05, 0.1) is 20.0 Å². The smallest absolute Gasteiger partial charge is 0.321 e. The highest BCUT2D eigenvalue weighted by molar-refractivity contribution is 7.99. The molecule has 0 aliphatic carbocycles. The molecule has 0 spiro atoms. The minimum atomic E-state index is -0.572. The second-order valence-corrected chi connectivity index (χ2v) is 5.29. The largest absolute Gasteiger partial charge is 0.493 e. The molecular formula is C14H16N4O5S. The van der Waals surface area contributed by atoms with Crippen molar-refractivity contribution in [1.82, 2.24) is 20.8 Å². The lowest BCUT2D eigenvalue weighted by atomic mass is 10.2. The number of hydrogen-bond acceptors (Lipinski definition) is 8. The molecule has 0 aliphatic heterocycles. The summed E-state index contributed by atoms with van der Waals surface area (Å²) in [5, 5.41) is 12.4. The number of carbonyl (C=O) groups is 2. The predicted molar refractivity (Wildman–Crippen MR) is 86.2 cm³/mol. The number of urea groups is 1.